The average molecular weight is 419 g/mol. The van der Waals surface area contributed by atoms with Crippen molar-refractivity contribution in [3.63, 3.8) is 0 Å². The van der Waals surface area contributed by atoms with E-state index in [2.05, 4.69) is 30.2 Å². The fourth-order valence-corrected chi connectivity index (χ4v) is 3.16. The Morgan fingerprint density at radius 1 is 1.20 bits per heavy atom. The normalized spacial score (nSPS) is 12.7. The van der Waals surface area contributed by atoms with E-state index in [4.69, 9.17) is 4.74 Å². The molecule has 0 aliphatic heterocycles. The summed E-state index contributed by atoms with van der Waals surface area (Å²) in [4.78, 5) is 20.8. The Hall–Kier alpha value is -3.63. The summed E-state index contributed by atoms with van der Waals surface area (Å²) in [5.41, 5.74) is 3.54. The van der Waals surface area contributed by atoms with Gasteiger partial charge in [-0.3, -0.25) is 5.10 Å². The van der Waals surface area contributed by atoms with Gasteiger partial charge in [0, 0.05) is 17.4 Å². The highest BCUT2D eigenvalue weighted by molar-refractivity contribution is 5.91. The highest BCUT2D eigenvalue weighted by Gasteiger charge is 2.31. The van der Waals surface area contributed by atoms with E-state index in [-0.39, 0.29) is 18.3 Å². The van der Waals surface area contributed by atoms with Crippen molar-refractivity contribution < 1.29 is 27.4 Å². The fourth-order valence-electron chi connectivity index (χ4n) is 3.16. The molecule has 1 aliphatic carbocycles. The van der Waals surface area contributed by atoms with Crippen molar-refractivity contribution in [3.8, 4) is 17.1 Å². The molecule has 1 aliphatic rings. The monoisotopic (exact) mass is 419 g/mol. The molecule has 0 fully saturated rings. The molecule has 8 nitrogen and oxygen atoms in total. The number of carbonyl (C=O) groups is 1. The number of aromatic amines is 1. The molecular weight excluding hydrogens is 403 g/mol. The number of H-pyrrole nitrogens is 1. The molecule has 4 rings (SSSR count). The van der Waals surface area contributed by atoms with Crippen LogP contribution in [0.4, 0.5) is 24.8 Å². The number of benzene rings is 1. The summed E-state index contributed by atoms with van der Waals surface area (Å²) >= 11 is 0. The van der Waals surface area contributed by atoms with Crippen LogP contribution in [0.2, 0.25) is 0 Å². The Balaban J connectivity index is 1.57. The summed E-state index contributed by atoms with van der Waals surface area (Å²) in [6.45, 7) is 1.98. The fraction of sp³-hybridized carbons (Fsp3) is 0.263. The molecule has 2 aromatic heterocycles. The predicted molar refractivity (Wildman–Crippen MR) is 99.4 cm³/mol. The van der Waals surface area contributed by atoms with Crippen LogP contribution in [0.25, 0.3) is 11.4 Å². The van der Waals surface area contributed by atoms with E-state index in [1.807, 2.05) is 0 Å². The number of alkyl halides is 3. The van der Waals surface area contributed by atoms with Crippen molar-refractivity contribution in [3.05, 3.63) is 47.3 Å². The second kappa shape index (κ2) is 7.65. The molecule has 3 aromatic rings. The Morgan fingerprint density at radius 2 is 1.97 bits per heavy atom. The van der Waals surface area contributed by atoms with E-state index in [1.54, 1.807) is 13.1 Å². The van der Waals surface area contributed by atoms with Crippen LogP contribution in [0.15, 0.2) is 30.5 Å². The van der Waals surface area contributed by atoms with Crippen LogP contribution in [0.3, 0.4) is 0 Å². The minimum Gasteiger partial charge on any atom is -0.461 e. The lowest BCUT2D eigenvalue weighted by atomic mass is 9.93. The number of aromatic nitrogens is 4. The zero-order valence-electron chi connectivity index (χ0n) is 15.7. The number of halogens is 3. The number of anilines is 2. The molecule has 0 amide bonds. The van der Waals surface area contributed by atoms with Gasteiger partial charge in [-0.2, -0.15) is 5.10 Å². The summed E-state index contributed by atoms with van der Waals surface area (Å²) in [6, 6.07) is 5.21. The van der Waals surface area contributed by atoms with Crippen LogP contribution >= 0.6 is 0 Å². The standard InChI is InChI=1S/C19H16F3N5O3/c1-2-29-17(28)16-13-8-3-10-9-23-18(25-14(10)15(13)26-27-16)24-11-4-6-12(7-5-11)30-19(20,21)22/h4-7,9H,2-3,8H2,1H3,(H,26,27)(H,23,24,25). The molecule has 11 heteroatoms. The number of rotatable bonds is 5. The SMILES string of the molecule is CCOC(=O)c1[nH]nc2c1CCc1cnc(Nc3ccc(OC(F)(F)F)cc3)nc1-2. The highest BCUT2D eigenvalue weighted by Crippen LogP contribution is 2.33. The number of fused-ring (bicyclic) bond motifs is 3. The number of carbonyl (C=O) groups excluding carboxylic acids is 1. The van der Waals surface area contributed by atoms with Crippen LogP contribution in [-0.4, -0.2) is 39.1 Å². The Morgan fingerprint density at radius 3 is 2.67 bits per heavy atom. The van der Waals surface area contributed by atoms with Gasteiger partial charge in [0.1, 0.15) is 17.1 Å². The highest BCUT2D eigenvalue weighted by atomic mass is 19.4. The number of nitrogens with one attached hydrogen (secondary N) is 2. The zero-order valence-corrected chi connectivity index (χ0v) is 15.7. The third-order valence-electron chi connectivity index (χ3n) is 4.42. The van der Waals surface area contributed by atoms with E-state index < -0.39 is 12.3 Å². The van der Waals surface area contributed by atoms with Gasteiger partial charge in [0.05, 0.1) is 12.3 Å². The molecule has 0 saturated heterocycles. The van der Waals surface area contributed by atoms with E-state index >= 15 is 0 Å². The van der Waals surface area contributed by atoms with Crippen LogP contribution in [-0.2, 0) is 17.6 Å². The van der Waals surface area contributed by atoms with Crippen molar-refractivity contribution >= 4 is 17.6 Å². The molecule has 0 bridgehead atoms. The van der Waals surface area contributed by atoms with Gasteiger partial charge in [0.2, 0.25) is 5.95 Å². The number of hydrogen-bond donors (Lipinski definition) is 2. The Bertz CT molecular complexity index is 1080. The second-order valence-electron chi connectivity index (χ2n) is 6.41. The number of hydrogen-bond acceptors (Lipinski definition) is 7. The predicted octanol–water partition coefficient (Wildman–Crippen LogP) is 3.78. The lowest BCUT2D eigenvalue weighted by Crippen LogP contribution is -2.17. The molecule has 1 aromatic carbocycles. The first-order valence-electron chi connectivity index (χ1n) is 9.07. The summed E-state index contributed by atoms with van der Waals surface area (Å²) < 4.78 is 45.7. The van der Waals surface area contributed by atoms with Crippen molar-refractivity contribution in [1.29, 1.82) is 0 Å². The molecule has 30 heavy (non-hydrogen) atoms. The largest absolute Gasteiger partial charge is 0.573 e. The molecule has 0 saturated carbocycles. The molecule has 2 N–H and O–H groups in total. The Labute approximate surface area is 168 Å². The van der Waals surface area contributed by atoms with Crippen molar-refractivity contribution in [2.24, 2.45) is 0 Å². The molecule has 0 atom stereocenters. The molecule has 0 unspecified atom stereocenters. The van der Waals surface area contributed by atoms with Gasteiger partial charge in [-0.15, -0.1) is 13.2 Å². The van der Waals surface area contributed by atoms with Crippen molar-refractivity contribution in [2.45, 2.75) is 26.1 Å². The molecule has 156 valence electrons. The van der Waals surface area contributed by atoms with Crippen molar-refractivity contribution in [2.75, 3.05) is 11.9 Å². The summed E-state index contributed by atoms with van der Waals surface area (Å²) in [6.07, 6.45) is -1.85. The van der Waals surface area contributed by atoms with Gasteiger partial charge in [0.25, 0.3) is 0 Å². The number of aryl methyl sites for hydroxylation is 1. The van der Waals surface area contributed by atoms with Gasteiger partial charge in [-0.1, -0.05) is 0 Å². The van der Waals surface area contributed by atoms with Crippen molar-refractivity contribution in [1.82, 2.24) is 20.2 Å². The third-order valence-corrected chi connectivity index (χ3v) is 4.42. The minimum atomic E-state index is -4.75. The lowest BCUT2D eigenvalue weighted by molar-refractivity contribution is -0.274. The first kappa shape index (κ1) is 19.7. The van der Waals surface area contributed by atoms with Crippen LogP contribution in [0.5, 0.6) is 5.75 Å². The first-order valence-corrected chi connectivity index (χ1v) is 9.07. The maximum absolute atomic E-state index is 12.3. The van der Waals surface area contributed by atoms with E-state index in [1.165, 1.54) is 24.3 Å². The maximum atomic E-state index is 12.3. The number of ether oxygens (including phenoxy) is 2. The second-order valence-corrected chi connectivity index (χ2v) is 6.41. The summed E-state index contributed by atoms with van der Waals surface area (Å²) in [5, 5.41) is 9.89. The summed E-state index contributed by atoms with van der Waals surface area (Å²) in [7, 11) is 0. The van der Waals surface area contributed by atoms with Crippen LogP contribution < -0.4 is 10.1 Å². The molecule has 0 spiro atoms. The lowest BCUT2D eigenvalue weighted by Gasteiger charge is -2.16. The van der Waals surface area contributed by atoms with Gasteiger partial charge in [0.15, 0.2) is 0 Å². The quantitative estimate of drug-likeness (QED) is 0.607. The number of nitrogens with zero attached hydrogens (tertiary/aromatic N) is 3. The van der Waals surface area contributed by atoms with Gasteiger partial charge < -0.3 is 14.8 Å². The summed E-state index contributed by atoms with van der Waals surface area (Å²) in [5.74, 6) is -0.554. The number of esters is 1. The zero-order chi connectivity index (χ0) is 21.3. The third kappa shape index (κ3) is 4.04. The van der Waals surface area contributed by atoms with Gasteiger partial charge in [-0.25, -0.2) is 14.8 Å². The van der Waals surface area contributed by atoms with Gasteiger partial charge >= 0.3 is 12.3 Å². The van der Waals surface area contributed by atoms with Crippen LogP contribution in [0, 0.1) is 0 Å². The molecule has 2 heterocycles. The Kier molecular flexibility index (Phi) is 5.02. The minimum absolute atomic E-state index is 0.242. The smallest absolute Gasteiger partial charge is 0.461 e. The molecule has 0 radical (unpaired) electrons. The van der Waals surface area contributed by atoms with E-state index in [0.717, 1.165) is 11.1 Å². The van der Waals surface area contributed by atoms with E-state index in [9.17, 15) is 18.0 Å². The first-order chi connectivity index (χ1) is 14.3. The average Bonchev–Trinajstić information content (AvgIpc) is 3.13. The van der Waals surface area contributed by atoms with Gasteiger partial charge in [-0.05, 0) is 49.6 Å². The van der Waals surface area contributed by atoms with E-state index in [0.29, 0.717) is 35.6 Å². The topological polar surface area (TPSA) is 102 Å². The maximum Gasteiger partial charge on any atom is 0.573 e. The molecular formula is C19H16F3N5O3. The van der Waals surface area contributed by atoms with Crippen LogP contribution in [0.1, 0.15) is 28.5 Å².